The summed E-state index contributed by atoms with van der Waals surface area (Å²) in [6.07, 6.45) is 1.27. The van der Waals surface area contributed by atoms with E-state index in [1.54, 1.807) is 0 Å². The molecule has 84 valence electrons. The van der Waals surface area contributed by atoms with Crippen LogP contribution >= 0.6 is 12.4 Å². The molecule has 0 amide bonds. The molecule has 0 saturated heterocycles. The zero-order valence-corrected chi connectivity index (χ0v) is 8.98. The molecule has 0 bridgehead atoms. The van der Waals surface area contributed by atoms with Crippen LogP contribution in [-0.4, -0.2) is 7.11 Å². The highest BCUT2D eigenvalue weighted by Crippen LogP contribution is 2.24. The van der Waals surface area contributed by atoms with Crippen molar-refractivity contribution in [3.8, 4) is 5.75 Å². The largest absolute Gasteiger partial charge is 0.497 e. The zero-order valence-electron chi connectivity index (χ0n) is 8.17. The van der Waals surface area contributed by atoms with Gasteiger partial charge in [0.2, 0.25) is 0 Å². The Balaban J connectivity index is 0.00000196. The van der Waals surface area contributed by atoms with Crippen LogP contribution in [0.5, 0.6) is 5.75 Å². The Labute approximate surface area is 93.1 Å². The Hall–Kier alpha value is -1.13. The number of hydrogen-bond acceptors (Lipinski definition) is 2. The molecule has 0 radical (unpaired) electrons. The van der Waals surface area contributed by atoms with E-state index in [1.165, 1.54) is 13.2 Å². The molecule has 0 aliphatic carbocycles. The summed E-state index contributed by atoms with van der Waals surface area (Å²) in [4.78, 5) is 0. The third kappa shape index (κ3) is 2.91. The maximum absolute atomic E-state index is 13.3. The number of benzene rings is 1. The van der Waals surface area contributed by atoms with Crippen molar-refractivity contribution >= 4 is 12.4 Å². The minimum atomic E-state index is -0.846. The highest BCUT2D eigenvalue weighted by Gasteiger charge is 2.15. The quantitative estimate of drug-likeness (QED) is 0.818. The van der Waals surface area contributed by atoms with Gasteiger partial charge in [-0.2, -0.15) is 0 Å². The van der Waals surface area contributed by atoms with E-state index < -0.39 is 17.7 Å². The molecule has 0 fully saturated rings. The van der Waals surface area contributed by atoms with E-state index in [9.17, 15) is 8.78 Å². The van der Waals surface area contributed by atoms with Crippen molar-refractivity contribution in [1.82, 2.24) is 0 Å². The molecule has 1 rings (SSSR count). The SMILES string of the molecule is C=C[C@@H](N)c1c(F)cc(OC)cc1F.Cl. The van der Waals surface area contributed by atoms with Crippen LogP contribution in [0, 0.1) is 11.6 Å². The Morgan fingerprint density at radius 1 is 1.40 bits per heavy atom. The molecule has 1 aromatic rings. The molecule has 0 aromatic heterocycles. The van der Waals surface area contributed by atoms with Crippen LogP contribution in [0.15, 0.2) is 24.8 Å². The van der Waals surface area contributed by atoms with Gasteiger partial charge in [-0.25, -0.2) is 8.78 Å². The summed E-state index contributed by atoms with van der Waals surface area (Å²) in [5.41, 5.74) is 5.25. The molecular formula is C10H12ClF2NO. The highest BCUT2D eigenvalue weighted by molar-refractivity contribution is 5.85. The van der Waals surface area contributed by atoms with Gasteiger partial charge >= 0.3 is 0 Å². The van der Waals surface area contributed by atoms with E-state index in [1.807, 2.05) is 0 Å². The van der Waals surface area contributed by atoms with Gasteiger partial charge in [0, 0.05) is 17.7 Å². The molecule has 2 nitrogen and oxygen atoms in total. The van der Waals surface area contributed by atoms with Crippen LogP contribution in [0.1, 0.15) is 11.6 Å². The molecule has 0 heterocycles. The van der Waals surface area contributed by atoms with Gasteiger partial charge in [-0.15, -0.1) is 19.0 Å². The van der Waals surface area contributed by atoms with Gasteiger partial charge in [-0.3, -0.25) is 0 Å². The van der Waals surface area contributed by atoms with Crippen molar-refractivity contribution in [2.75, 3.05) is 7.11 Å². The first kappa shape index (κ1) is 13.9. The third-order valence-electron chi connectivity index (χ3n) is 1.88. The molecular weight excluding hydrogens is 224 g/mol. The number of hydrogen-bond donors (Lipinski definition) is 1. The van der Waals surface area contributed by atoms with Crippen LogP contribution in [0.4, 0.5) is 8.78 Å². The molecule has 0 saturated carbocycles. The van der Waals surface area contributed by atoms with E-state index in [4.69, 9.17) is 10.5 Å². The summed E-state index contributed by atoms with van der Waals surface area (Å²) in [5.74, 6) is -1.33. The Bertz CT molecular complexity index is 334. The summed E-state index contributed by atoms with van der Waals surface area (Å²) in [7, 11) is 1.33. The monoisotopic (exact) mass is 235 g/mol. The molecule has 0 aliphatic rings. The Morgan fingerprint density at radius 2 is 1.87 bits per heavy atom. The van der Waals surface area contributed by atoms with Crippen molar-refractivity contribution in [3.05, 3.63) is 42.0 Å². The normalized spacial score (nSPS) is 11.5. The zero-order chi connectivity index (χ0) is 10.7. The molecule has 0 spiro atoms. The molecule has 0 unspecified atom stereocenters. The highest BCUT2D eigenvalue weighted by atomic mass is 35.5. The lowest BCUT2D eigenvalue weighted by atomic mass is 10.1. The summed E-state index contributed by atoms with van der Waals surface area (Å²) in [6.45, 7) is 3.37. The molecule has 2 N–H and O–H groups in total. The molecule has 1 atom stereocenters. The number of halogens is 3. The lowest BCUT2D eigenvalue weighted by molar-refractivity contribution is 0.404. The van der Waals surface area contributed by atoms with Gasteiger partial charge in [-0.05, 0) is 0 Å². The lowest BCUT2D eigenvalue weighted by Gasteiger charge is -2.10. The van der Waals surface area contributed by atoms with Crippen LogP contribution in [0.2, 0.25) is 0 Å². The average molecular weight is 236 g/mol. The van der Waals surface area contributed by atoms with Crippen LogP contribution < -0.4 is 10.5 Å². The van der Waals surface area contributed by atoms with Crippen molar-refractivity contribution < 1.29 is 13.5 Å². The van der Waals surface area contributed by atoms with Gasteiger partial charge in [0.1, 0.15) is 17.4 Å². The summed E-state index contributed by atoms with van der Waals surface area (Å²) < 4.78 is 31.3. The first-order chi connectivity index (χ1) is 6.60. The van der Waals surface area contributed by atoms with E-state index in [2.05, 4.69) is 6.58 Å². The topological polar surface area (TPSA) is 35.2 Å². The molecule has 15 heavy (non-hydrogen) atoms. The van der Waals surface area contributed by atoms with Gasteiger partial charge < -0.3 is 10.5 Å². The van der Waals surface area contributed by atoms with Crippen LogP contribution in [0.3, 0.4) is 0 Å². The summed E-state index contributed by atoms with van der Waals surface area (Å²) in [6, 6.07) is 1.32. The molecule has 0 aliphatic heterocycles. The minimum absolute atomic E-state index is 0. The maximum atomic E-state index is 13.3. The predicted octanol–water partition coefficient (Wildman–Crippen LogP) is 2.58. The second kappa shape index (κ2) is 5.68. The van der Waals surface area contributed by atoms with Gasteiger partial charge in [0.15, 0.2) is 0 Å². The summed E-state index contributed by atoms with van der Waals surface area (Å²) in [5, 5.41) is 0. The van der Waals surface area contributed by atoms with Gasteiger partial charge in [0.25, 0.3) is 0 Å². The van der Waals surface area contributed by atoms with E-state index in [-0.39, 0.29) is 23.7 Å². The minimum Gasteiger partial charge on any atom is -0.497 e. The fourth-order valence-electron chi connectivity index (χ4n) is 1.12. The van der Waals surface area contributed by atoms with Crippen LogP contribution in [-0.2, 0) is 0 Å². The average Bonchev–Trinajstić information content (AvgIpc) is 2.16. The van der Waals surface area contributed by atoms with Gasteiger partial charge in [-0.1, -0.05) is 6.08 Å². The second-order valence-corrected chi connectivity index (χ2v) is 2.77. The standard InChI is InChI=1S/C10H11F2NO.ClH/c1-3-9(13)10-7(11)4-6(14-2)5-8(10)12;/h3-5,9H,1,13H2,2H3;1H/t9-;/m1./s1. The molecule has 5 heteroatoms. The Kier molecular flexibility index (Phi) is 5.25. The smallest absolute Gasteiger partial charge is 0.134 e. The fourth-order valence-corrected chi connectivity index (χ4v) is 1.12. The second-order valence-electron chi connectivity index (χ2n) is 2.77. The van der Waals surface area contributed by atoms with E-state index in [0.717, 1.165) is 12.1 Å². The van der Waals surface area contributed by atoms with Crippen molar-refractivity contribution in [1.29, 1.82) is 0 Å². The third-order valence-corrected chi connectivity index (χ3v) is 1.88. The fraction of sp³-hybridized carbons (Fsp3) is 0.200. The van der Waals surface area contributed by atoms with E-state index >= 15 is 0 Å². The maximum Gasteiger partial charge on any atom is 0.134 e. The molecule has 1 aromatic carbocycles. The Morgan fingerprint density at radius 3 is 2.20 bits per heavy atom. The first-order valence-electron chi connectivity index (χ1n) is 4.01. The number of nitrogens with two attached hydrogens (primary N) is 1. The first-order valence-corrected chi connectivity index (χ1v) is 4.01. The van der Waals surface area contributed by atoms with Gasteiger partial charge in [0.05, 0.1) is 13.2 Å². The number of methoxy groups -OCH3 is 1. The van der Waals surface area contributed by atoms with Crippen molar-refractivity contribution in [2.45, 2.75) is 6.04 Å². The van der Waals surface area contributed by atoms with Crippen molar-refractivity contribution in [2.24, 2.45) is 5.73 Å². The van der Waals surface area contributed by atoms with Crippen LogP contribution in [0.25, 0.3) is 0 Å². The van der Waals surface area contributed by atoms with Crippen molar-refractivity contribution in [3.63, 3.8) is 0 Å². The number of rotatable bonds is 3. The van der Waals surface area contributed by atoms with E-state index in [0.29, 0.717) is 0 Å². The number of ether oxygens (including phenoxy) is 1. The summed E-state index contributed by atoms with van der Waals surface area (Å²) >= 11 is 0. The lowest BCUT2D eigenvalue weighted by Crippen LogP contribution is -2.11. The predicted molar refractivity (Wildman–Crippen MR) is 57.3 cm³/mol.